The fraction of sp³-hybridized carbons (Fsp3) is 0.273. The normalized spacial score (nSPS) is 18.2. The lowest BCUT2D eigenvalue weighted by Crippen LogP contribution is -2.38. The van der Waals surface area contributed by atoms with Crippen molar-refractivity contribution in [2.24, 2.45) is 5.92 Å². The van der Waals surface area contributed by atoms with Gasteiger partial charge in [0.1, 0.15) is 11.9 Å². The molecule has 1 aromatic heterocycles. The van der Waals surface area contributed by atoms with Crippen LogP contribution in [0.4, 0.5) is 20.6 Å². The second-order valence-corrected chi connectivity index (χ2v) is 10.9. The van der Waals surface area contributed by atoms with E-state index in [-0.39, 0.29) is 47.1 Å². The Morgan fingerprint density at radius 2 is 1.89 bits per heavy atom. The van der Waals surface area contributed by atoms with Gasteiger partial charge >= 0.3 is 6.09 Å². The van der Waals surface area contributed by atoms with E-state index in [1.54, 1.807) is 42.2 Å². The third-order valence-electron chi connectivity index (χ3n) is 8.06. The summed E-state index contributed by atoms with van der Waals surface area (Å²) in [4.78, 5) is 44.5. The maximum absolute atomic E-state index is 15.2. The van der Waals surface area contributed by atoms with Crippen molar-refractivity contribution < 1.29 is 28.6 Å². The second-order valence-electron chi connectivity index (χ2n) is 10.9. The molecule has 2 aliphatic rings. The minimum Gasteiger partial charge on any atom is -0.481 e. The number of carboxylic acid groups (broad SMARTS) is 1. The van der Waals surface area contributed by atoms with Gasteiger partial charge in [0.15, 0.2) is 0 Å². The van der Waals surface area contributed by atoms with Crippen molar-refractivity contribution in [1.82, 2.24) is 9.88 Å². The van der Waals surface area contributed by atoms with Crippen LogP contribution in [0.2, 0.25) is 0 Å². The number of hydrogen-bond donors (Lipinski definition) is 3. The smallest absolute Gasteiger partial charge is 0.409 e. The third kappa shape index (κ3) is 6.31. The topological polar surface area (TPSA) is 168 Å². The van der Waals surface area contributed by atoms with Crippen LogP contribution in [0.5, 0.6) is 5.88 Å². The molecule has 3 N–H and O–H groups in total. The van der Waals surface area contributed by atoms with Crippen molar-refractivity contribution in [2.75, 3.05) is 24.3 Å². The number of methoxy groups -OCH3 is 1. The Hall–Kier alpha value is -5.75. The maximum Gasteiger partial charge on any atom is 0.409 e. The fourth-order valence-electron chi connectivity index (χ4n) is 5.76. The Bertz CT molecular complexity index is 1830. The first-order valence-corrected chi connectivity index (χ1v) is 14.3. The molecule has 2 bridgehead atoms. The molecule has 3 heterocycles. The molecular weight excluding hydrogens is 579 g/mol. The van der Waals surface area contributed by atoms with Gasteiger partial charge in [0.25, 0.3) is 0 Å². The van der Waals surface area contributed by atoms with E-state index in [1.807, 2.05) is 12.1 Å². The molecule has 2 aromatic carbocycles. The van der Waals surface area contributed by atoms with Gasteiger partial charge in [-0.3, -0.25) is 14.9 Å². The zero-order valence-corrected chi connectivity index (χ0v) is 24.6. The van der Waals surface area contributed by atoms with Gasteiger partial charge in [0, 0.05) is 41.4 Å². The van der Waals surface area contributed by atoms with Gasteiger partial charge in [-0.1, -0.05) is 19.4 Å². The van der Waals surface area contributed by atoms with Crippen LogP contribution < -0.4 is 15.4 Å². The standard InChI is InChI=1S/C33H29FN6O5/c1-18-4-3-5-27(40-11-10-19(14-29(40)41)30-20(16-35)6-7-21(17-36)31(30)34)26-12-22(13-28(38-26)45-2)24-9-8-23(37-33(43)44)15-25(24)39-32(18)42/h6-9,12-15,18,27,37H,3-5,10-11H2,1-2H3,(H,39,42)(H,43,44)/t18-,27+/m1/s1. The quantitative estimate of drug-likeness (QED) is 0.332. The van der Waals surface area contributed by atoms with Gasteiger partial charge < -0.3 is 20.1 Å². The predicted molar refractivity (Wildman–Crippen MR) is 162 cm³/mol. The number of carbonyl (C=O) groups excluding carboxylic acids is 2. The number of anilines is 2. The van der Waals surface area contributed by atoms with Crippen molar-refractivity contribution in [2.45, 2.75) is 38.6 Å². The number of ether oxygens (including phenoxy) is 1. The Labute approximate surface area is 258 Å². The molecule has 0 saturated heterocycles. The van der Waals surface area contributed by atoms with Crippen molar-refractivity contribution in [3.63, 3.8) is 0 Å². The Balaban J connectivity index is 1.59. The number of nitriles is 2. The second kappa shape index (κ2) is 12.9. The van der Waals surface area contributed by atoms with Crippen LogP contribution in [0.3, 0.4) is 0 Å². The minimum atomic E-state index is -1.24. The summed E-state index contributed by atoms with van der Waals surface area (Å²) in [5.41, 5.74) is 2.55. The SMILES string of the molecule is COc1cc2cc(n1)[C@@H](N1CCC(c3c(C#N)ccc(C#N)c3F)=CC1=O)CCC[C@@H](C)C(=O)Nc1cc(NC(=O)O)ccc1-2. The molecule has 0 spiro atoms. The number of hydrogen-bond acceptors (Lipinski definition) is 7. The van der Waals surface area contributed by atoms with Gasteiger partial charge in [0.05, 0.1) is 41.7 Å². The molecule has 3 aromatic rings. The van der Waals surface area contributed by atoms with E-state index in [4.69, 9.17) is 9.72 Å². The van der Waals surface area contributed by atoms with Crippen LogP contribution in [0, 0.1) is 34.4 Å². The Morgan fingerprint density at radius 1 is 1.13 bits per heavy atom. The molecule has 11 nitrogen and oxygen atoms in total. The van der Waals surface area contributed by atoms with Crippen LogP contribution in [-0.4, -0.2) is 46.6 Å². The van der Waals surface area contributed by atoms with Crippen LogP contribution in [-0.2, 0) is 9.59 Å². The summed E-state index contributed by atoms with van der Waals surface area (Å²) in [6.07, 6.45) is 1.85. The van der Waals surface area contributed by atoms with Crippen molar-refractivity contribution >= 4 is 34.9 Å². The lowest BCUT2D eigenvalue weighted by Gasteiger charge is -2.35. The van der Waals surface area contributed by atoms with Gasteiger partial charge in [-0.05, 0) is 60.7 Å². The molecular formula is C33H29FN6O5. The lowest BCUT2D eigenvalue weighted by atomic mass is 9.90. The van der Waals surface area contributed by atoms with Crippen molar-refractivity contribution in [3.8, 4) is 29.1 Å². The molecule has 12 heteroatoms. The highest BCUT2D eigenvalue weighted by Gasteiger charge is 2.32. The number of nitrogens with zero attached hydrogens (tertiary/aromatic N) is 4. The van der Waals surface area contributed by atoms with Gasteiger partial charge in [-0.25, -0.2) is 14.2 Å². The van der Waals surface area contributed by atoms with Gasteiger partial charge in [-0.2, -0.15) is 10.5 Å². The third-order valence-corrected chi connectivity index (χ3v) is 8.06. The summed E-state index contributed by atoms with van der Waals surface area (Å²) in [6.45, 7) is 1.99. The highest BCUT2D eigenvalue weighted by molar-refractivity contribution is 5.99. The molecule has 2 aliphatic heterocycles. The molecule has 0 saturated carbocycles. The number of carbonyl (C=O) groups is 3. The van der Waals surface area contributed by atoms with Crippen LogP contribution in [0.15, 0.2) is 48.5 Å². The zero-order valence-electron chi connectivity index (χ0n) is 24.6. The van der Waals surface area contributed by atoms with Crippen LogP contribution in [0.25, 0.3) is 16.7 Å². The maximum atomic E-state index is 15.2. The molecule has 5 rings (SSSR count). The first-order valence-electron chi connectivity index (χ1n) is 14.3. The number of aromatic nitrogens is 1. The van der Waals surface area contributed by atoms with E-state index >= 15 is 4.39 Å². The molecule has 0 aliphatic carbocycles. The average molecular weight is 609 g/mol. The lowest BCUT2D eigenvalue weighted by molar-refractivity contribution is -0.129. The Morgan fingerprint density at radius 3 is 2.58 bits per heavy atom. The van der Waals surface area contributed by atoms with Gasteiger partial charge in [0.2, 0.25) is 17.7 Å². The molecule has 228 valence electrons. The van der Waals surface area contributed by atoms with E-state index in [0.717, 1.165) is 0 Å². The van der Waals surface area contributed by atoms with E-state index < -0.39 is 29.8 Å². The number of halogens is 1. The summed E-state index contributed by atoms with van der Waals surface area (Å²) < 4.78 is 20.7. The molecule has 0 fully saturated rings. The summed E-state index contributed by atoms with van der Waals surface area (Å²) in [5.74, 6) is -1.59. The molecule has 3 amide bonds. The zero-order chi connectivity index (χ0) is 32.2. The largest absolute Gasteiger partial charge is 0.481 e. The number of rotatable bonds is 4. The van der Waals surface area contributed by atoms with Crippen LogP contribution >= 0.6 is 0 Å². The molecule has 45 heavy (non-hydrogen) atoms. The van der Waals surface area contributed by atoms with E-state index in [0.29, 0.717) is 47.3 Å². The van der Waals surface area contributed by atoms with Crippen LogP contribution in [0.1, 0.15) is 61.0 Å². The van der Waals surface area contributed by atoms with Crippen molar-refractivity contribution in [3.05, 3.63) is 76.7 Å². The fourth-order valence-corrected chi connectivity index (χ4v) is 5.76. The summed E-state index contributed by atoms with van der Waals surface area (Å²) in [5, 5.41) is 33.4. The highest BCUT2D eigenvalue weighted by Crippen LogP contribution is 2.39. The first kappa shape index (κ1) is 30.7. The first-order chi connectivity index (χ1) is 21.6. The molecule has 0 unspecified atom stereocenters. The molecule has 0 radical (unpaired) electrons. The highest BCUT2D eigenvalue weighted by atomic mass is 19.1. The number of pyridine rings is 1. The monoisotopic (exact) mass is 608 g/mol. The summed E-state index contributed by atoms with van der Waals surface area (Å²) in [7, 11) is 1.47. The Kier molecular flexibility index (Phi) is 8.77. The van der Waals surface area contributed by atoms with Gasteiger partial charge in [-0.15, -0.1) is 0 Å². The number of amides is 3. The average Bonchev–Trinajstić information content (AvgIpc) is 3.02. The number of nitrogens with one attached hydrogen (secondary N) is 2. The minimum absolute atomic E-state index is 0.0387. The van der Waals surface area contributed by atoms with Crippen molar-refractivity contribution in [1.29, 1.82) is 10.5 Å². The predicted octanol–water partition coefficient (Wildman–Crippen LogP) is 5.85. The number of fused-ring (bicyclic) bond motifs is 4. The summed E-state index contributed by atoms with van der Waals surface area (Å²) >= 11 is 0. The number of benzene rings is 2. The van der Waals surface area contributed by atoms with E-state index in [1.165, 1.54) is 25.3 Å². The summed E-state index contributed by atoms with van der Waals surface area (Å²) in [6, 6.07) is 14.1. The van der Waals surface area contributed by atoms with E-state index in [9.17, 15) is 30.0 Å². The molecule has 2 atom stereocenters. The van der Waals surface area contributed by atoms with E-state index in [2.05, 4.69) is 10.6 Å².